The van der Waals surface area contributed by atoms with Gasteiger partial charge in [0, 0.05) is 83.3 Å². The summed E-state index contributed by atoms with van der Waals surface area (Å²) in [4.78, 5) is 97.1. The number of hydrogen-bond donors (Lipinski definition) is 6. The van der Waals surface area contributed by atoms with Crippen molar-refractivity contribution in [3.63, 3.8) is 0 Å². The number of halogens is 2. The van der Waals surface area contributed by atoms with Crippen LogP contribution in [-0.2, 0) is 28.8 Å². The van der Waals surface area contributed by atoms with Gasteiger partial charge in [0.2, 0.25) is 11.8 Å². The fraction of sp³-hybridized carbons (Fsp3) is 0.564. The van der Waals surface area contributed by atoms with Crippen LogP contribution in [0.1, 0.15) is 36.0 Å². The molecule has 4 rings (SSSR count). The van der Waals surface area contributed by atoms with Crippen molar-refractivity contribution in [2.45, 2.75) is 43.7 Å². The molecule has 0 spiro atoms. The third-order valence-corrected chi connectivity index (χ3v) is 10.3. The highest BCUT2D eigenvalue weighted by Crippen LogP contribution is 2.32. The zero-order chi connectivity index (χ0) is 45.4. The number of nitrogens with zero attached hydrogens (tertiary/aromatic N) is 7. The lowest BCUT2D eigenvalue weighted by Crippen LogP contribution is -2.52. The first-order valence-electron chi connectivity index (χ1n) is 19.9. The van der Waals surface area contributed by atoms with E-state index in [9.17, 15) is 68.0 Å². The van der Waals surface area contributed by atoms with E-state index < -0.39 is 79.1 Å². The lowest BCUT2D eigenvalue weighted by molar-refractivity contribution is -0.145. The Labute approximate surface area is 354 Å². The molecule has 2 aliphatic heterocycles. The molecule has 1 aromatic carbocycles. The van der Waals surface area contributed by atoms with Crippen LogP contribution in [0.2, 0.25) is 0 Å². The zero-order valence-electron chi connectivity index (χ0n) is 33.9. The van der Waals surface area contributed by atoms with E-state index in [0.717, 1.165) is 4.90 Å². The molecule has 21 nitrogen and oxygen atoms in total. The number of pyridine rings is 1. The van der Waals surface area contributed by atoms with E-state index in [4.69, 9.17) is 4.74 Å². The Hall–Kier alpha value is -6.09. The lowest BCUT2D eigenvalue weighted by atomic mass is 10.1. The van der Waals surface area contributed by atoms with Gasteiger partial charge < -0.3 is 40.7 Å². The van der Waals surface area contributed by atoms with Crippen LogP contribution in [0.15, 0.2) is 30.5 Å². The molecule has 0 radical (unpaired) electrons. The predicted molar refractivity (Wildman–Crippen MR) is 212 cm³/mol. The van der Waals surface area contributed by atoms with E-state index in [1.807, 2.05) is 0 Å². The van der Waals surface area contributed by atoms with Crippen molar-refractivity contribution < 1.29 is 67.5 Å². The average molecular weight is 876 g/mol. The summed E-state index contributed by atoms with van der Waals surface area (Å²) in [5, 5.41) is 53.3. The number of likely N-dealkylation sites (tertiary alicyclic amines) is 1. The van der Waals surface area contributed by atoms with Crippen LogP contribution in [0, 0.1) is 11.3 Å². The number of alkyl halides is 2. The van der Waals surface area contributed by atoms with Gasteiger partial charge in [-0.1, -0.05) is 12.1 Å². The number of carbonyl (C=O) groups excluding carboxylic acids is 3. The molecule has 0 bridgehead atoms. The van der Waals surface area contributed by atoms with Gasteiger partial charge in [-0.2, -0.15) is 5.26 Å². The number of aliphatic carboxylic acids is 4. The summed E-state index contributed by atoms with van der Waals surface area (Å²) in [5.74, 6) is -9.39. The van der Waals surface area contributed by atoms with E-state index in [1.165, 1.54) is 12.3 Å². The average Bonchev–Trinajstić information content (AvgIpc) is 3.53. The molecule has 2 aliphatic rings. The normalized spacial score (nSPS) is 18.7. The number of fused-ring (bicyclic) bond motifs is 1. The first-order chi connectivity index (χ1) is 29.5. The van der Waals surface area contributed by atoms with E-state index in [0.29, 0.717) is 23.1 Å². The zero-order valence-corrected chi connectivity index (χ0v) is 33.9. The van der Waals surface area contributed by atoms with Crippen molar-refractivity contribution in [2.24, 2.45) is 0 Å². The van der Waals surface area contributed by atoms with Crippen molar-refractivity contribution in [3.8, 4) is 11.8 Å². The van der Waals surface area contributed by atoms with Crippen molar-refractivity contribution in [2.75, 3.05) is 98.2 Å². The second-order valence-electron chi connectivity index (χ2n) is 14.9. The number of para-hydroxylation sites is 1. The molecule has 0 aliphatic carbocycles. The molecule has 1 unspecified atom stereocenters. The van der Waals surface area contributed by atoms with Gasteiger partial charge >= 0.3 is 23.9 Å². The standard InChI is InChI=1S/C39H51F2N9O12/c40-39(41)19-26(20-42)50(25-39)32(52)21-45-37(59)28-7-9-44-36-27(28)3-1-4-30(36)62-18-2-8-43-31(51)6-5-29(38(60)61)49-16-14-47(23-34(55)56)12-10-46(22-33(53)54)11-13-48(15-17-49)24-35(57)58/h1,3-4,7,9,26,29H,2,5-6,8,10-19,21-25H2,(H,43,51)(H,45,59)(H,53,54)(H,55,56)(H,57,58)(H,60,61)/t26-,29?/m0/s1. The Bertz CT molecular complexity index is 1950. The third kappa shape index (κ3) is 15.1. The molecular formula is C39H51F2N9O12. The highest BCUT2D eigenvalue weighted by atomic mass is 19.3. The summed E-state index contributed by atoms with van der Waals surface area (Å²) in [5.41, 5.74) is 0.453. The predicted octanol–water partition coefficient (Wildman–Crippen LogP) is -0.682. The molecule has 62 heavy (non-hydrogen) atoms. The molecule has 2 fully saturated rings. The Kier molecular flexibility index (Phi) is 18.2. The van der Waals surface area contributed by atoms with E-state index >= 15 is 0 Å². The molecule has 3 amide bonds. The monoisotopic (exact) mass is 875 g/mol. The fourth-order valence-electron chi connectivity index (χ4n) is 7.22. The van der Waals surface area contributed by atoms with Gasteiger partial charge in [0.1, 0.15) is 23.3 Å². The maximum absolute atomic E-state index is 13.8. The Balaban J connectivity index is 1.30. The van der Waals surface area contributed by atoms with Gasteiger partial charge in [-0.05, 0) is 25.0 Å². The minimum Gasteiger partial charge on any atom is -0.491 e. The van der Waals surface area contributed by atoms with Gasteiger partial charge in [-0.15, -0.1) is 0 Å². The van der Waals surface area contributed by atoms with Crippen LogP contribution in [0.25, 0.3) is 10.9 Å². The highest BCUT2D eigenvalue weighted by Gasteiger charge is 2.47. The maximum atomic E-state index is 13.8. The summed E-state index contributed by atoms with van der Waals surface area (Å²) >= 11 is 0. The fourth-order valence-corrected chi connectivity index (χ4v) is 7.22. The number of nitrogens with one attached hydrogen (secondary N) is 2. The second-order valence-corrected chi connectivity index (χ2v) is 14.9. The van der Waals surface area contributed by atoms with E-state index in [-0.39, 0.29) is 104 Å². The Morgan fingerprint density at radius 1 is 0.855 bits per heavy atom. The maximum Gasteiger partial charge on any atom is 0.320 e. The van der Waals surface area contributed by atoms with Crippen molar-refractivity contribution in [1.29, 1.82) is 5.26 Å². The van der Waals surface area contributed by atoms with Crippen LogP contribution in [0.3, 0.4) is 0 Å². The number of carboxylic acids is 4. The summed E-state index contributed by atoms with van der Waals surface area (Å²) in [6.07, 6.45) is 0.614. The number of carbonyl (C=O) groups is 7. The highest BCUT2D eigenvalue weighted by molar-refractivity contribution is 6.08. The number of benzene rings is 1. The first-order valence-corrected chi connectivity index (χ1v) is 19.9. The summed E-state index contributed by atoms with van der Waals surface area (Å²) in [6.45, 7) is -1.29. The molecule has 23 heteroatoms. The van der Waals surface area contributed by atoms with E-state index in [2.05, 4.69) is 15.6 Å². The van der Waals surface area contributed by atoms with Crippen LogP contribution in [0.5, 0.6) is 5.75 Å². The second kappa shape index (κ2) is 23.2. The molecule has 338 valence electrons. The van der Waals surface area contributed by atoms with Gasteiger partial charge in [0.25, 0.3) is 11.8 Å². The number of ether oxygens (including phenoxy) is 1. The van der Waals surface area contributed by atoms with Gasteiger partial charge in [-0.25, -0.2) is 8.78 Å². The molecule has 2 aromatic rings. The van der Waals surface area contributed by atoms with Crippen molar-refractivity contribution >= 4 is 52.5 Å². The number of rotatable bonds is 19. The third-order valence-electron chi connectivity index (χ3n) is 10.3. The smallest absolute Gasteiger partial charge is 0.320 e. The van der Waals surface area contributed by atoms with Crippen molar-refractivity contribution in [1.82, 2.24) is 40.1 Å². The number of nitriles is 1. The SMILES string of the molecule is N#C[C@@H]1CC(F)(F)CN1C(=O)CNC(=O)c1ccnc2c(OCCCNC(=O)CCC(C(=O)O)N3CCN(CC(=O)O)CCN(CC(=O)O)CCN(CC(=O)O)CC3)cccc12. The van der Waals surface area contributed by atoms with Crippen LogP contribution in [-0.4, -0.2) is 208 Å². The van der Waals surface area contributed by atoms with Gasteiger partial charge in [0.15, 0.2) is 0 Å². The quantitative estimate of drug-likeness (QED) is 0.0954. The first kappa shape index (κ1) is 48.6. The Morgan fingerprint density at radius 3 is 1.98 bits per heavy atom. The van der Waals surface area contributed by atoms with Crippen molar-refractivity contribution in [3.05, 3.63) is 36.0 Å². The molecule has 3 heterocycles. The Morgan fingerprint density at radius 2 is 1.44 bits per heavy atom. The molecule has 1 aromatic heterocycles. The summed E-state index contributed by atoms with van der Waals surface area (Å²) < 4.78 is 33.5. The minimum atomic E-state index is -3.20. The van der Waals surface area contributed by atoms with Crippen LogP contribution in [0.4, 0.5) is 8.78 Å². The minimum absolute atomic E-state index is 0.0735. The number of aromatic nitrogens is 1. The largest absolute Gasteiger partial charge is 0.491 e. The molecule has 2 saturated heterocycles. The molecule has 2 atom stereocenters. The van der Waals surface area contributed by atoms with E-state index in [1.54, 1.807) is 43.9 Å². The number of hydrogen-bond acceptors (Lipinski definition) is 14. The molecule has 6 N–H and O–H groups in total. The topological polar surface area (TPSA) is 287 Å². The molecule has 0 saturated carbocycles. The summed E-state index contributed by atoms with van der Waals surface area (Å²) in [6, 6.07) is 5.48. The lowest BCUT2D eigenvalue weighted by Gasteiger charge is -2.35. The van der Waals surface area contributed by atoms with Crippen LogP contribution >= 0.6 is 0 Å². The van der Waals surface area contributed by atoms with Crippen LogP contribution < -0.4 is 15.4 Å². The van der Waals surface area contributed by atoms with Gasteiger partial charge in [0.05, 0.1) is 51.0 Å². The molecular weight excluding hydrogens is 824 g/mol. The van der Waals surface area contributed by atoms with Gasteiger partial charge in [-0.3, -0.25) is 58.1 Å². The number of carboxylic acid groups (broad SMARTS) is 4. The summed E-state index contributed by atoms with van der Waals surface area (Å²) in [7, 11) is 0. The number of amides is 3.